The van der Waals surface area contributed by atoms with E-state index in [9.17, 15) is 9.59 Å². The highest BCUT2D eigenvalue weighted by Crippen LogP contribution is 2.29. The molecule has 0 spiro atoms. The van der Waals surface area contributed by atoms with Crippen molar-refractivity contribution in [2.45, 2.75) is 46.0 Å². The van der Waals surface area contributed by atoms with Crippen molar-refractivity contribution in [1.82, 2.24) is 4.90 Å². The van der Waals surface area contributed by atoms with Crippen molar-refractivity contribution in [3.63, 3.8) is 0 Å². The van der Waals surface area contributed by atoms with Gasteiger partial charge in [-0.1, -0.05) is 6.92 Å². The molecule has 0 aliphatic heterocycles. The van der Waals surface area contributed by atoms with Crippen LogP contribution in [0.4, 0.5) is 0 Å². The van der Waals surface area contributed by atoms with Gasteiger partial charge in [0.1, 0.15) is 0 Å². The van der Waals surface area contributed by atoms with Gasteiger partial charge in [0, 0.05) is 19.0 Å². The van der Waals surface area contributed by atoms with Crippen LogP contribution in [0.25, 0.3) is 0 Å². The van der Waals surface area contributed by atoms with Crippen molar-refractivity contribution in [2.24, 2.45) is 11.8 Å². The number of carbonyl (C=O) groups is 2. The van der Waals surface area contributed by atoms with E-state index >= 15 is 0 Å². The van der Waals surface area contributed by atoms with Crippen LogP contribution in [0, 0.1) is 11.8 Å². The smallest absolute Gasteiger partial charge is 0.305 e. The Bertz CT molecular complexity index is 270. The zero-order chi connectivity index (χ0) is 12.8. The summed E-state index contributed by atoms with van der Waals surface area (Å²) in [5.41, 5.74) is 0. The van der Waals surface area contributed by atoms with Crippen LogP contribution in [0.15, 0.2) is 0 Å². The molecule has 0 aromatic rings. The topological polar surface area (TPSA) is 57.6 Å². The van der Waals surface area contributed by atoms with Crippen LogP contribution < -0.4 is 0 Å². The molecule has 0 saturated heterocycles. The lowest BCUT2D eigenvalue weighted by molar-refractivity contribution is -0.140. The van der Waals surface area contributed by atoms with E-state index < -0.39 is 5.97 Å². The monoisotopic (exact) mass is 241 g/mol. The second-order valence-electron chi connectivity index (χ2n) is 5.02. The largest absolute Gasteiger partial charge is 0.481 e. The third-order valence-electron chi connectivity index (χ3n) is 3.65. The lowest BCUT2D eigenvalue weighted by atomic mass is 9.82. The van der Waals surface area contributed by atoms with Crippen molar-refractivity contribution in [1.29, 1.82) is 0 Å². The van der Waals surface area contributed by atoms with Gasteiger partial charge in [0.05, 0.1) is 6.42 Å². The molecular weight excluding hydrogens is 218 g/mol. The fraction of sp³-hybridized carbons (Fsp3) is 0.846. The van der Waals surface area contributed by atoms with Gasteiger partial charge >= 0.3 is 5.97 Å². The molecular formula is C13H23NO3. The highest BCUT2D eigenvalue weighted by molar-refractivity contribution is 5.79. The molecule has 4 heteroatoms. The summed E-state index contributed by atoms with van der Waals surface area (Å²) in [6.07, 6.45) is 4.20. The maximum atomic E-state index is 12.2. The first-order valence-corrected chi connectivity index (χ1v) is 6.55. The minimum Gasteiger partial charge on any atom is -0.481 e. The van der Waals surface area contributed by atoms with Crippen LogP contribution in [0.3, 0.4) is 0 Å². The van der Waals surface area contributed by atoms with Crippen molar-refractivity contribution >= 4 is 11.9 Å². The van der Waals surface area contributed by atoms with Gasteiger partial charge in [0.15, 0.2) is 0 Å². The summed E-state index contributed by atoms with van der Waals surface area (Å²) < 4.78 is 0. The number of nitrogens with zero attached hydrogens (tertiary/aromatic N) is 1. The number of aliphatic carboxylic acids is 1. The number of rotatable bonds is 5. The second-order valence-corrected chi connectivity index (χ2v) is 5.02. The molecule has 0 bridgehead atoms. The summed E-state index contributed by atoms with van der Waals surface area (Å²) in [5.74, 6) is 0.169. The Morgan fingerprint density at radius 1 is 1.24 bits per heavy atom. The lowest BCUT2D eigenvalue weighted by Gasteiger charge is -2.30. The van der Waals surface area contributed by atoms with Crippen LogP contribution in [0.5, 0.6) is 0 Å². The Labute approximate surface area is 103 Å². The summed E-state index contributed by atoms with van der Waals surface area (Å²) in [6, 6.07) is 0. The van der Waals surface area contributed by atoms with Crippen LogP contribution in [0.1, 0.15) is 46.0 Å². The number of hydrogen-bond donors (Lipinski definition) is 1. The molecule has 17 heavy (non-hydrogen) atoms. The second kappa shape index (κ2) is 6.62. The molecule has 1 aliphatic rings. The number of carboxylic acid groups (broad SMARTS) is 1. The van der Waals surface area contributed by atoms with E-state index in [1.165, 1.54) is 0 Å². The van der Waals surface area contributed by atoms with Crippen LogP contribution >= 0.6 is 0 Å². The summed E-state index contributed by atoms with van der Waals surface area (Å²) in [5, 5.41) is 8.65. The minimum absolute atomic E-state index is 0.0443. The predicted molar refractivity (Wildman–Crippen MR) is 65.6 cm³/mol. The number of amides is 1. The standard InChI is InChI=1S/C13H23NO3/c1-3-14(9-8-12(15)16)13(17)11-6-4-10(2)5-7-11/h10-11H,3-9H2,1-2H3,(H,15,16). The molecule has 1 aliphatic carbocycles. The van der Waals surface area contributed by atoms with Gasteiger partial charge in [-0.15, -0.1) is 0 Å². The van der Waals surface area contributed by atoms with Crippen molar-refractivity contribution in [3.05, 3.63) is 0 Å². The van der Waals surface area contributed by atoms with Gasteiger partial charge in [-0.05, 0) is 38.5 Å². The highest BCUT2D eigenvalue weighted by Gasteiger charge is 2.27. The quantitative estimate of drug-likeness (QED) is 0.802. The van der Waals surface area contributed by atoms with E-state index in [0.717, 1.165) is 31.6 Å². The molecule has 0 aromatic carbocycles. The first-order valence-electron chi connectivity index (χ1n) is 6.55. The maximum Gasteiger partial charge on any atom is 0.305 e. The number of carboxylic acids is 1. The van der Waals surface area contributed by atoms with Gasteiger partial charge in [-0.3, -0.25) is 9.59 Å². The summed E-state index contributed by atoms with van der Waals surface area (Å²) >= 11 is 0. The molecule has 1 rings (SSSR count). The van der Waals surface area contributed by atoms with Gasteiger partial charge in [-0.2, -0.15) is 0 Å². The summed E-state index contributed by atoms with van der Waals surface area (Å²) in [7, 11) is 0. The molecule has 1 saturated carbocycles. The molecule has 0 atom stereocenters. The Balaban J connectivity index is 2.45. The summed E-state index contributed by atoms with van der Waals surface area (Å²) in [4.78, 5) is 24.4. The van der Waals surface area contributed by atoms with Gasteiger partial charge in [0.2, 0.25) is 5.91 Å². The van der Waals surface area contributed by atoms with E-state index in [2.05, 4.69) is 6.92 Å². The van der Waals surface area contributed by atoms with Crippen molar-refractivity contribution in [3.8, 4) is 0 Å². The highest BCUT2D eigenvalue weighted by atomic mass is 16.4. The minimum atomic E-state index is -0.839. The fourth-order valence-corrected chi connectivity index (χ4v) is 2.42. The molecule has 1 N–H and O–H groups in total. The molecule has 1 fully saturated rings. The first-order chi connectivity index (χ1) is 8.04. The average molecular weight is 241 g/mol. The van der Waals surface area contributed by atoms with Crippen LogP contribution in [0.2, 0.25) is 0 Å². The third kappa shape index (κ3) is 4.36. The lowest BCUT2D eigenvalue weighted by Crippen LogP contribution is -2.38. The molecule has 0 aromatic heterocycles. The predicted octanol–water partition coefficient (Wildman–Crippen LogP) is 2.14. The third-order valence-corrected chi connectivity index (χ3v) is 3.65. The number of carbonyl (C=O) groups excluding carboxylic acids is 1. The van der Waals surface area contributed by atoms with Gasteiger partial charge < -0.3 is 10.0 Å². The first kappa shape index (κ1) is 14.0. The van der Waals surface area contributed by atoms with E-state index in [4.69, 9.17) is 5.11 Å². The molecule has 1 amide bonds. The molecule has 0 heterocycles. The fourth-order valence-electron chi connectivity index (χ4n) is 2.42. The molecule has 0 unspecified atom stereocenters. The van der Waals surface area contributed by atoms with Crippen LogP contribution in [-0.2, 0) is 9.59 Å². The van der Waals surface area contributed by atoms with E-state index in [0.29, 0.717) is 13.1 Å². The Hall–Kier alpha value is -1.06. The average Bonchev–Trinajstić information content (AvgIpc) is 2.30. The SMILES string of the molecule is CCN(CCC(=O)O)C(=O)C1CCC(C)CC1. The van der Waals surface area contributed by atoms with Gasteiger partial charge in [0.25, 0.3) is 0 Å². The van der Waals surface area contributed by atoms with Crippen molar-refractivity contribution in [2.75, 3.05) is 13.1 Å². The number of hydrogen-bond acceptors (Lipinski definition) is 2. The Kier molecular flexibility index (Phi) is 5.45. The molecule has 4 nitrogen and oxygen atoms in total. The summed E-state index contributed by atoms with van der Waals surface area (Å²) in [6.45, 7) is 5.09. The van der Waals surface area contributed by atoms with E-state index in [1.807, 2.05) is 6.92 Å². The zero-order valence-electron chi connectivity index (χ0n) is 10.8. The van der Waals surface area contributed by atoms with Crippen LogP contribution in [-0.4, -0.2) is 35.0 Å². The Morgan fingerprint density at radius 2 is 1.82 bits per heavy atom. The Morgan fingerprint density at radius 3 is 2.29 bits per heavy atom. The maximum absolute atomic E-state index is 12.2. The van der Waals surface area contributed by atoms with Crippen molar-refractivity contribution < 1.29 is 14.7 Å². The molecule has 0 radical (unpaired) electrons. The zero-order valence-corrected chi connectivity index (χ0v) is 10.8. The van der Waals surface area contributed by atoms with E-state index in [1.54, 1.807) is 4.90 Å². The molecule has 98 valence electrons. The van der Waals surface area contributed by atoms with E-state index in [-0.39, 0.29) is 18.2 Å². The normalized spacial score (nSPS) is 24.4. The van der Waals surface area contributed by atoms with Gasteiger partial charge in [-0.25, -0.2) is 0 Å².